The molecule has 0 spiro atoms. The molecule has 1 amide bonds. The standard InChI is InChI=1S/C17H22N2O5/c1-12(2)23-17(22)24-16(21)13-7-9-14(10-8-13)18-15(20)6-5-11-19(3)4/h5-10,12H,11H2,1-4H3,(H,18,20). The number of hydrogen-bond acceptors (Lipinski definition) is 6. The van der Waals surface area contributed by atoms with E-state index in [0.717, 1.165) is 0 Å². The number of nitrogens with zero attached hydrogens (tertiary/aromatic N) is 1. The normalized spacial score (nSPS) is 10.9. The van der Waals surface area contributed by atoms with Gasteiger partial charge in [0.25, 0.3) is 0 Å². The van der Waals surface area contributed by atoms with Crippen molar-refractivity contribution >= 4 is 23.7 Å². The summed E-state index contributed by atoms with van der Waals surface area (Å²) in [6.45, 7) is 3.96. The molecule has 0 atom stereocenters. The summed E-state index contributed by atoms with van der Waals surface area (Å²) >= 11 is 0. The minimum Gasteiger partial charge on any atom is -0.431 e. The second-order valence-electron chi connectivity index (χ2n) is 5.54. The Morgan fingerprint density at radius 2 is 1.79 bits per heavy atom. The molecule has 0 aliphatic heterocycles. The smallest absolute Gasteiger partial charge is 0.431 e. The van der Waals surface area contributed by atoms with Crippen molar-refractivity contribution in [3.63, 3.8) is 0 Å². The lowest BCUT2D eigenvalue weighted by atomic mass is 10.2. The third kappa shape index (κ3) is 7.55. The highest BCUT2D eigenvalue weighted by Crippen LogP contribution is 2.11. The zero-order chi connectivity index (χ0) is 18.1. The monoisotopic (exact) mass is 334 g/mol. The summed E-state index contributed by atoms with van der Waals surface area (Å²) in [5, 5.41) is 2.66. The van der Waals surface area contributed by atoms with Crippen molar-refractivity contribution in [1.82, 2.24) is 4.90 Å². The summed E-state index contributed by atoms with van der Waals surface area (Å²) in [7, 11) is 3.80. The predicted molar refractivity (Wildman–Crippen MR) is 89.8 cm³/mol. The van der Waals surface area contributed by atoms with Crippen LogP contribution in [0.2, 0.25) is 0 Å². The van der Waals surface area contributed by atoms with Crippen LogP contribution in [0, 0.1) is 0 Å². The molecule has 1 aromatic carbocycles. The van der Waals surface area contributed by atoms with E-state index in [1.165, 1.54) is 18.2 Å². The molecule has 7 heteroatoms. The number of carbonyl (C=O) groups is 3. The van der Waals surface area contributed by atoms with Crippen LogP contribution in [0.1, 0.15) is 24.2 Å². The summed E-state index contributed by atoms with van der Waals surface area (Å²) in [5.41, 5.74) is 0.702. The lowest BCUT2D eigenvalue weighted by Crippen LogP contribution is -2.17. The van der Waals surface area contributed by atoms with E-state index in [2.05, 4.69) is 10.1 Å². The van der Waals surface area contributed by atoms with E-state index in [1.807, 2.05) is 19.0 Å². The lowest BCUT2D eigenvalue weighted by Gasteiger charge is -2.08. The van der Waals surface area contributed by atoms with Gasteiger partial charge in [0.15, 0.2) is 0 Å². The van der Waals surface area contributed by atoms with Crippen molar-refractivity contribution in [3.8, 4) is 0 Å². The van der Waals surface area contributed by atoms with E-state index in [-0.39, 0.29) is 17.6 Å². The van der Waals surface area contributed by atoms with E-state index in [0.29, 0.717) is 12.2 Å². The Bertz CT molecular complexity index is 606. The van der Waals surface area contributed by atoms with Crippen molar-refractivity contribution in [2.24, 2.45) is 0 Å². The molecule has 0 aromatic heterocycles. The van der Waals surface area contributed by atoms with Gasteiger partial charge in [-0.05, 0) is 52.2 Å². The molecule has 0 aliphatic rings. The molecule has 1 N–H and O–H groups in total. The largest absolute Gasteiger partial charge is 0.516 e. The van der Waals surface area contributed by atoms with E-state index < -0.39 is 12.1 Å². The molecule has 0 saturated heterocycles. The number of likely N-dealkylation sites (N-methyl/N-ethyl adjacent to an activating group) is 1. The van der Waals surface area contributed by atoms with Crippen LogP contribution >= 0.6 is 0 Å². The molecule has 0 bridgehead atoms. The van der Waals surface area contributed by atoms with Gasteiger partial charge in [0.1, 0.15) is 0 Å². The Labute approximate surface area is 141 Å². The fourth-order valence-electron chi connectivity index (χ4n) is 1.60. The number of esters is 1. The summed E-state index contributed by atoms with van der Waals surface area (Å²) in [5.74, 6) is -1.09. The molecule has 7 nitrogen and oxygen atoms in total. The number of carbonyl (C=O) groups excluding carboxylic acids is 3. The first kappa shape index (κ1) is 19.4. The molecular weight excluding hydrogens is 312 g/mol. The highest BCUT2D eigenvalue weighted by atomic mass is 16.7. The van der Waals surface area contributed by atoms with E-state index in [1.54, 1.807) is 32.1 Å². The molecule has 0 unspecified atom stereocenters. The number of benzene rings is 1. The maximum absolute atomic E-state index is 11.7. The molecule has 1 aromatic rings. The summed E-state index contributed by atoms with van der Waals surface area (Å²) in [6, 6.07) is 5.98. The van der Waals surface area contributed by atoms with Crippen LogP contribution < -0.4 is 5.32 Å². The van der Waals surface area contributed by atoms with Crippen molar-refractivity contribution in [2.45, 2.75) is 20.0 Å². The zero-order valence-electron chi connectivity index (χ0n) is 14.2. The van der Waals surface area contributed by atoms with Crippen molar-refractivity contribution < 1.29 is 23.9 Å². The first-order valence-electron chi connectivity index (χ1n) is 7.43. The third-order valence-electron chi connectivity index (χ3n) is 2.64. The molecule has 0 radical (unpaired) electrons. The molecule has 0 fully saturated rings. The van der Waals surface area contributed by atoms with Gasteiger partial charge >= 0.3 is 12.1 Å². The fourth-order valence-corrected chi connectivity index (χ4v) is 1.60. The number of ether oxygens (including phenoxy) is 2. The Hall–Kier alpha value is -2.67. The first-order valence-corrected chi connectivity index (χ1v) is 7.43. The van der Waals surface area contributed by atoms with Gasteiger partial charge in [0.2, 0.25) is 5.91 Å². The average Bonchev–Trinajstić information content (AvgIpc) is 2.46. The number of hydrogen-bond donors (Lipinski definition) is 1. The minimum absolute atomic E-state index is 0.178. The van der Waals surface area contributed by atoms with Crippen molar-refractivity contribution in [3.05, 3.63) is 42.0 Å². The van der Waals surface area contributed by atoms with Crippen LogP contribution in [0.25, 0.3) is 0 Å². The SMILES string of the molecule is CC(C)OC(=O)OC(=O)c1ccc(NC(=O)C=CCN(C)C)cc1. The summed E-state index contributed by atoms with van der Waals surface area (Å²) in [4.78, 5) is 36.6. The fraction of sp³-hybridized carbons (Fsp3) is 0.353. The highest BCUT2D eigenvalue weighted by molar-refractivity contribution is 6.00. The lowest BCUT2D eigenvalue weighted by molar-refractivity contribution is -0.111. The van der Waals surface area contributed by atoms with Gasteiger partial charge < -0.3 is 19.7 Å². The third-order valence-corrected chi connectivity index (χ3v) is 2.64. The van der Waals surface area contributed by atoms with Crippen molar-refractivity contribution in [2.75, 3.05) is 26.0 Å². The van der Waals surface area contributed by atoms with Gasteiger partial charge in [-0.1, -0.05) is 6.08 Å². The van der Waals surface area contributed by atoms with Crippen LogP contribution in [0.4, 0.5) is 10.5 Å². The van der Waals surface area contributed by atoms with Gasteiger partial charge in [-0.25, -0.2) is 9.59 Å². The Morgan fingerprint density at radius 1 is 1.17 bits per heavy atom. The molecule has 0 aliphatic carbocycles. The van der Waals surface area contributed by atoms with E-state index >= 15 is 0 Å². The van der Waals surface area contributed by atoms with Crippen molar-refractivity contribution in [1.29, 1.82) is 0 Å². The average molecular weight is 334 g/mol. The van der Waals surface area contributed by atoms with Crippen LogP contribution in [-0.2, 0) is 14.3 Å². The molecular formula is C17H22N2O5. The van der Waals surface area contributed by atoms with Gasteiger partial charge in [0, 0.05) is 18.3 Å². The maximum Gasteiger partial charge on any atom is 0.516 e. The van der Waals surface area contributed by atoms with Crippen LogP contribution in [0.5, 0.6) is 0 Å². The minimum atomic E-state index is -1.04. The Balaban J connectivity index is 2.56. The van der Waals surface area contributed by atoms with Gasteiger partial charge in [-0.2, -0.15) is 0 Å². The van der Waals surface area contributed by atoms with Crippen LogP contribution in [0.3, 0.4) is 0 Å². The maximum atomic E-state index is 11.7. The summed E-state index contributed by atoms with van der Waals surface area (Å²) in [6.07, 6.45) is 1.76. The van der Waals surface area contributed by atoms with E-state index in [9.17, 15) is 14.4 Å². The predicted octanol–water partition coefficient (Wildman–Crippen LogP) is 2.44. The number of nitrogens with one attached hydrogen (secondary N) is 1. The quantitative estimate of drug-likeness (QED) is 0.489. The number of amides is 1. The Kier molecular flexibility index (Phi) is 7.64. The first-order chi connectivity index (χ1) is 11.3. The molecule has 0 saturated carbocycles. The van der Waals surface area contributed by atoms with Gasteiger partial charge in [-0.3, -0.25) is 4.79 Å². The number of rotatable bonds is 6. The highest BCUT2D eigenvalue weighted by Gasteiger charge is 2.15. The molecule has 1 rings (SSSR count). The molecule has 130 valence electrons. The number of anilines is 1. The Morgan fingerprint density at radius 3 is 2.33 bits per heavy atom. The van der Waals surface area contributed by atoms with Gasteiger partial charge in [-0.15, -0.1) is 0 Å². The second-order valence-corrected chi connectivity index (χ2v) is 5.54. The van der Waals surface area contributed by atoms with Gasteiger partial charge in [0.05, 0.1) is 11.7 Å². The topological polar surface area (TPSA) is 84.9 Å². The molecule has 0 heterocycles. The second kappa shape index (κ2) is 9.46. The molecule has 24 heavy (non-hydrogen) atoms. The van der Waals surface area contributed by atoms with E-state index in [4.69, 9.17) is 4.74 Å². The zero-order valence-corrected chi connectivity index (χ0v) is 14.2. The van der Waals surface area contributed by atoms with Crippen LogP contribution in [0.15, 0.2) is 36.4 Å². The van der Waals surface area contributed by atoms with Crippen LogP contribution in [-0.4, -0.2) is 49.7 Å². The summed E-state index contributed by atoms with van der Waals surface area (Å²) < 4.78 is 9.26.